The lowest BCUT2D eigenvalue weighted by molar-refractivity contribution is 0.449. The molecular formula is C19H30O2S. The van der Waals surface area contributed by atoms with Gasteiger partial charge in [0.15, 0.2) is 9.84 Å². The Labute approximate surface area is 136 Å². The molecule has 0 unspecified atom stereocenters. The van der Waals surface area contributed by atoms with Gasteiger partial charge in [0, 0.05) is 0 Å². The molecule has 0 aromatic heterocycles. The third-order valence-corrected chi connectivity index (χ3v) is 7.78. The van der Waals surface area contributed by atoms with Gasteiger partial charge in [-0.05, 0) is 32.6 Å². The minimum atomic E-state index is -2.79. The summed E-state index contributed by atoms with van der Waals surface area (Å²) in [6.45, 7) is 2.08. The first-order chi connectivity index (χ1) is 10.6. The maximum Gasteiger partial charge on any atom is 0.156 e. The second-order valence-corrected chi connectivity index (χ2v) is 9.28. The molecule has 0 bridgehead atoms. The molecule has 2 fully saturated rings. The zero-order valence-electron chi connectivity index (χ0n) is 13.8. The van der Waals surface area contributed by atoms with Crippen molar-refractivity contribution in [3.8, 4) is 0 Å². The first-order valence-corrected chi connectivity index (χ1v) is 10.5. The number of hydrogen-bond donors (Lipinski definition) is 0. The first kappa shape index (κ1) is 17.5. The average Bonchev–Trinajstić information content (AvgIpc) is 2.58. The molecule has 0 heterocycles. The van der Waals surface area contributed by atoms with E-state index in [1.807, 2.05) is 18.2 Å². The number of aryl methyl sites for hydroxylation is 1. The second kappa shape index (κ2) is 8.71. The second-order valence-electron chi connectivity index (χ2n) is 6.76. The number of rotatable bonds is 2. The van der Waals surface area contributed by atoms with Gasteiger partial charge in [0.1, 0.15) is 0 Å². The van der Waals surface area contributed by atoms with E-state index in [2.05, 4.69) is 19.1 Å². The lowest BCUT2D eigenvalue weighted by Gasteiger charge is -2.29. The Morgan fingerprint density at radius 2 is 1.14 bits per heavy atom. The number of hydrogen-bond acceptors (Lipinski definition) is 2. The Kier molecular flexibility index (Phi) is 6.94. The summed E-state index contributed by atoms with van der Waals surface area (Å²) in [6.07, 6.45) is 10.7. The lowest BCUT2D eigenvalue weighted by atomic mass is 10.00. The first-order valence-electron chi connectivity index (χ1n) is 8.85. The van der Waals surface area contributed by atoms with Gasteiger partial charge in [-0.3, -0.25) is 0 Å². The van der Waals surface area contributed by atoms with Gasteiger partial charge < -0.3 is 0 Å². The van der Waals surface area contributed by atoms with Crippen molar-refractivity contribution in [2.45, 2.75) is 81.6 Å². The van der Waals surface area contributed by atoms with Crippen molar-refractivity contribution in [1.82, 2.24) is 0 Å². The van der Waals surface area contributed by atoms with Crippen molar-refractivity contribution in [3.63, 3.8) is 0 Å². The van der Waals surface area contributed by atoms with Crippen LogP contribution < -0.4 is 0 Å². The van der Waals surface area contributed by atoms with Crippen LogP contribution in [0.5, 0.6) is 0 Å². The summed E-state index contributed by atoms with van der Waals surface area (Å²) in [4.78, 5) is 0. The predicted octanol–water partition coefficient (Wildman–Crippen LogP) is 5.06. The molecule has 0 atom stereocenters. The topological polar surface area (TPSA) is 34.1 Å². The van der Waals surface area contributed by atoms with Crippen LogP contribution in [0.25, 0.3) is 0 Å². The fourth-order valence-corrected chi connectivity index (χ4v) is 6.12. The van der Waals surface area contributed by atoms with Gasteiger partial charge in [-0.1, -0.05) is 74.4 Å². The molecule has 2 saturated carbocycles. The third kappa shape index (κ3) is 5.12. The van der Waals surface area contributed by atoms with E-state index in [-0.39, 0.29) is 10.5 Å². The lowest BCUT2D eigenvalue weighted by Crippen LogP contribution is -2.34. The van der Waals surface area contributed by atoms with Crippen LogP contribution in [-0.4, -0.2) is 18.9 Å². The predicted molar refractivity (Wildman–Crippen MR) is 93.8 cm³/mol. The van der Waals surface area contributed by atoms with Crippen LogP contribution in [0.2, 0.25) is 0 Å². The fourth-order valence-electron chi connectivity index (χ4n) is 3.59. The summed E-state index contributed by atoms with van der Waals surface area (Å²) in [5, 5.41) is 0.0173. The van der Waals surface area contributed by atoms with E-state index in [1.165, 1.54) is 18.4 Å². The molecule has 0 N–H and O–H groups in total. The van der Waals surface area contributed by atoms with Crippen molar-refractivity contribution in [2.24, 2.45) is 0 Å². The molecule has 0 spiro atoms. The van der Waals surface area contributed by atoms with Crippen molar-refractivity contribution in [1.29, 1.82) is 0 Å². The maximum absolute atomic E-state index is 12.3. The van der Waals surface area contributed by atoms with E-state index in [0.717, 1.165) is 51.4 Å². The summed E-state index contributed by atoms with van der Waals surface area (Å²) < 4.78 is 24.7. The zero-order chi connectivity index (χ0) is 15.8. The van der Waals surface area contributed by atoms with Gasteiger partial charge in [-0.25, -0.2) is 8.42 Å². The quantitative estimate of drug-likeness (QED) is 0.762. The van der Waals surface area contributed by atoms with Crippen molar-refractivity contribution in [3.05, 3.63) is 35.9 Å². The van der Waals surface area contributed by atoms with Gasteiger partial charge in [0.05, 0.1) is 10.5 Å². The molecule has 0 aliphatic heterocycles. The molecule has 0 saturated heterocycles. The smallest absolute Gasteiger partial charge is 0.156 e. The van der Waals surface area contributed by atoms with Crippen LogP contribution in [0, 0.1) is 6.92 Å². The molecule has 1 aromatic rings. The highest BCUT2D eigenvalue weighted by Gasteiger charge is 2.34. The summed E-state index contributed by atoms with van der Waals surface area (Å²) >= 11 is 0. The molecule has 0 amide bonds. The minimum Gasteiger partial charge on any atom is -0.228 e. The van der Waals surface area contributed by atoms with E-state index < -0.39 is 9.84 Å². The van der Waals surface area contributed by atoms with Gasteiger partial charge in [0.2, 0.25) is 0 Å². The number of benzene rings is 1. The van der Waals surface area contributed by atoms with Gasteiger partial charge in [-0.2, -0.15) is 0 Å². The Hall–Kier alpha value is -0.830. The standard InChI is InChI=1S/C12H22O2S.C7H8/c13-15(14,11-7-3-1-4-8-11)12-9-5-2-6-10-12;1-7-5-3-2-4-6-7/h11-12H,1-10H2;2-6H,1H3. The molecule has 3 rings (SSSR count). The van der Waals surface area contributed by atoms with Crippen LogP contribution in [0.3, 0.4) is 0 Å². The highest BCUT2D eigenvalue weighted by molar-refractivity contribution is 7.92. The highest BCUT2D eigenvalue weighted by Crippen LogP contribution is 2.32. The Morgan fingerprint density at radius 1 is 0.727 bits per heavy atom. The summed E-state index contributed by atoms with van der Waals surface area (Å²) in [7, 11) is -2.79. The molecule has 2 aliphatic carbocycles. The van der Waals surface area contributed by atoms with E-state index in [1.54, 1.807) is 0 Å². The maximum atomic E-state index is 12.3. The van der Waals surface area contributed by atoms with Crippen molar-refractivity contribution < 1.29 is 8.42 Å². The van der Waals surface area contributed by atoms with E-state index in [0.29, 0.717) is 0 Å². The molecular weight excluding hydrogens is 292 g/mol. The van der Waals surface area contributed by atoms with E-state index >= 15 is 0 Å². The monoisotopic (exact) mass is 322 g/mol. The number of sulfone groups is 1. The van der Waals surface area contributed by atoms with Crippen molar-refractivity contribution >= 4 is 9.84 Å². The minimum absolute atomic E-state index is 0.00866. The Bertz CT molecular complexity index is 486. The normalized spacial score (nSPS) is 21.0. The SMILES string of the molecule is Cc1ccccc1.O=S(=O)(C1CCCCC1)C1CCCCC1. The largest absolute Gasteiger partial charge is 0.228 e. The molecule has 0 radical (unpaired) electrons. The summed E-state index contributed by atoms with van der Waals surface area (Å²) in [6, 6.07) is 10.3. The van der Waals surface area contributed by atoms with Gasteiger partial charge in [-0.15, -0.1) is 0 Å². The van der Waals surface area contributed by atoms with Crippen LogP contribution in [-0.2, 0) is 9.84 Å². The molecule has 22 heavy (non-hydrogen) atoms. The van der Waals surface area contributed by atoms with Crippen LogP contribution in [0.15, 0.2) is 30.3 Å². The van der Waals surface area contributed by atoms with Crippen LogP contribution >= 0.6 is 0 Å². The van der Waals surface area contributed by atoms with Crippen LogP contribution in [0.4, 0.5) is 0 Å². The third-order valence-electron chi connectivity index (χ3n) is 4.97. The van der Waals surface area contributed by atoms with Crippen LogP contribution in [0.1, 0.15) is 69.8 Å². The van der Waals surface area contributed by atoms with Gasteiger partial charge >= 0.3 is 0 Å². The average molecular weight is 323 g/mol. The van der Waals surface area contributed by atoms with E-state index in [4.69, 9.17) is 0 Å². The highest BCUT2D eigenvalue weighted by atomic mass is 32.2. The van der Waals surface area contributed by atoms with E-state index in [9.17, 15) is 8.42 Å². The van der Waals surface area contributed by atoms with Gasteiger partial charge in [0.25, 0.3) is 0 Å². The molecule has 3 heteroatoms. The Balaban J connectivity index is 0.000000211. The molecule has 124 valence electrons. The van der Waals surface area contributed by atoms with Crippen molar-refractivity contribution in [2.75, 3.05) is 0 Å². The molecule has 2 aliphatic rings. The molecule has 2 nitrogen and oxygen atoms in total. The summed E-state index contributed by atoms with van der Waals surface area (Å²) in [5.41, 5.74) is 1.32. The summed E-state index contributed by atoms with van der Waals surface area (Å²) in [5.74, 6) is 0. The Morgan fingerprint density at radius 3 is 1.45 bits per heavy atom. The fraction of sp³-hybridized carbons (Fsp3) is 0.684. The molecule has 1 aromatic carbocycles. The zero-order valence-corrected chi connectivity index (χ0v) is 14.7.